The molecule has 0 bridgehead atoms. The number of fused-ring (bicyclic) bond motifs is 1. The molecule has 0 N–H and O–H groups in total. The van der Waals surface area contributed by atoms with Crippen LogP contribution in [0.5, 0.6) is 0 Å². The molecule has 3 nitrogen and oxygen atoms in total. The van der Waals surface area contributed by atoms with Crippen molar-refractivity contribution in [3.63, 3.8) is 0 Å². The molecular formula is C9H7BF3N2O-. The van der Waals surface area contributed by atoms with Gasteiger partial charge in [0.05, 0.1) is 17.2 Å². The maximum absolute atomic E-state index is 12.3. The number of para-hydroxylation sites is 2. The molecule has 16 heavy (non-hydrogen) atoms. The minimum absolute atomic E-state index is 0.203. The molecule has 0 saturated heterocycles. The summed E-state index contributed by atoms with van der Waals surface area (Å²) in [6.45, 7) is -5.05. The van der Waals surface area contributed by atoms with E-state index in [9.17, 15) is 17.7 Å². The Balaban J connectivity index is 2.66. The summed E-state index contributed by atoms with van der Waals surface area (Å²) in [7, 11) is 0. The average Bonchev–Trinajstić information content (AvgIpc) is 2.21. The molecule has 2 rings (SSSR count). The van der Waals surface area contributed by atoms with E-state index in [4.69, 9.17) is 0 Å². The number of aromatic nitrogens is 2. The summed E-state index contributed by atoms with van der Waals surface area (Å²) in [6, 6.07) is 6.24. The standard InChI is InChI=1S/C9H7BF3N2O/c11-10(12,13)6-15-8-4-2-1-3-7(8)14-5-9(15)16/h1-5H,6H2/q-1. The second-order valence-corrected chi connectivity index (χ2v) is 3.41. The minimum Gasteiger partial charge on any atom is -0.448 e. The van der Waals surface area contributed by atoms with Gasteiger partial charge >= 0.3 is 6.98 Å². The van der Waals surface area contributed by atoms with E-state index in [0.29, 0.717) is 10.1 Å². The van der Waals surface area contributed by atoms with Gasteiger partial charge in [0.15, 0.2) is 0 Å². The summed E-state index contributed by atoms with van der Waals surface area (Å²) < 4.78 is 37.7. The van der Waals surface area contributed by atoms with Crippen LogP contribution >= 0.6 is 0 Å². The number of rotatable bonds is 2. The smallest absolute Gasteiger partial charge is 0.448 e. The molecule has 1 aromatic heterocycles. The number of hydrogen-bond acceptors (Lipinski definition) is 2. The van der Waals surface area contributed by atoms with Crippen molar-refractivity contribution in [2.24, 2.45) is 0 Å². The molecule has 0 fully saturated rings. The van der Waals surface area contributed by atoms with Crippen LogP contribution in [-0.4, -0.2) is 16.5 Å². The number of benzene rings is 1. The van der Waals surface area contributed by atoms with Crippen molar-refractivity contribution in [3.8, 4) is 0 Å². The van der Waals surface area contributed by atoms with Crippen LogP contribution in [0.4, 0.5) is 12.9 Å². The molecule has 0 radical (unpaired) electrons. The van der Waals surface area contributed by atoms with Gasteiger partial charge in [-0.05, 0) is 18.6 Å². The van der Waals surface area contributed by atoms with E-state index < -0.39 is 19.0 Å². The van der Waals surface area contributed by atoms with E-state index in [1.54, 1.807) is 18.2 Å². The van der Waals surface area contributed by atoms with Crippen LogP contribution in [0.3, 0.4) is 0 Å². The predicted molar refractivity (Wildman–Crippen MR) is 55.1 cm³/mol. The van der Waals surface area contributed by atoms with Crippen LogP contribution in [0, 0.1) is 0 Å². The quantitative estimate of drug-likeness (QED) is 0.733. The highest BCUT2D eigenvalue weighted by Gasteiger charge is 2.24. The molecule has 0 aliphatic carbocycles. The van der Waals surface area contributed by atoms with Gasteiger partial charge in [-0.3, -0.25) is 4.79 Å². The Hall–Kier alpha value is -1.79. The maximum atomic E-state index is 12.3. The Morgan fingerprint density at radius 2 is 1.94 bits per heavy atom. The zero-order valence-corrected chi connectivity index (χ0v) is 8.11. The lowest BCUT2D eigenvalue weighted by molar-refractivity contribution is 0.445. The van der Waals surface area contributed by atoms with E-state index in [1.165, 1.54) is 6.07 Å². The van der Waals surface area contributed by atoms with E-state index in [2.05, 4.69) is 4.98 Å². The molecule has 0 unspecified atom stereocenters. The van der Waals surface area contributed by atoms with Crippen molar-refractivity contribution in [2.75, 3.05) is 0 Å². The van der Waals surface area contributed by atoms with Crippen molar-refractivity contribution >= 4 is 18.0 Å². The third-order valence-electron chi connectivity index (χ3n) is 2.14. The summed E-state index contributed by atoms with van der Waals surface area (Å²) in [5.41, 5.74) is -0.158. The van der Waals surface area contributed by atoms with Crippen LogP contribution < -0.4 is 5.56 Å². The van der Waals surface area contributed by atoms with Crippen LogP contribution in [0.2, 0.25) is 0 Å². The number of halogens is 3. The first kappa shape index (κ1) is 10.7. The van der Waals surface area contributed by atoms with Crippen LogP contribution in [-0.2, 0) is 6.44 Å². The molecule has 0 atom stereocenters. The third kappa shape index (κ3) is 2.07. The molecule has 0 aliphatic heterocycles. The lowest BCUT2D eigenvalue weighted by Crippen LogP contribution is -2.32. The van der Waals surface area contributed by atoms with Crippen LogP contribution in [0.1, 0.15) is 0 Å². The van der Waals surface area contributed by atoms with E-state index in [0.717, 1.165) is 6.20 Å². The zero-order valence-electron chi connectivity index (χ0n) is 8.11. The van der Waals surface area contributed by atoms with Crippen molar-refractivity contribution in [1.29, 1.82) is 0 Å². The Labute approximate surface area is 88.6 Å². The fourth-order valence-electron chi connectivity index (χ4n) is 1.51. The normalized spacial score (nSPS) is 11.9. The van der Waals surface area contributed by atoms with Crippen molar-refractivity contribution in [1.82, 2.24) is 9.55 Å². The van der Waals surface area contributed by atoms with Gasteiger partial charge in [-0.15, -0.1) is 0 Å². The van der Waals surface area contributed by atoms with E-state index in [1.807, 2.05) is 0 Å². The third-order valence-corrected chi connectivity index (χ3v) is 2.14. The molecule has 0 amide bonds. The van der Waals surface area contributed by atoms with E-state index in [-0.39, 0.29) is 5.52 Å². The fraction of sp³-hybridized carbons (Fsp3) is 0.111. The number of hydrogen-bond donors (Lipinski definition) is 0. The SMILES string of the molecule is O=c1cnc2ccccc2n1C[B-](F)(F)F. The summed E-state index contributed by atoms with van der Waals surface area (Å²) in [6.07, 6.45) is -0.327. The molecule has 84 valence electrons. The Morgan fingerprint density at radius 3 is 2.62 bits per heavy atom. The topological polar surface area (TPSA) is 34.9 Å². The largest absolute Gasteiger partial charge is 0.497 e. The first-order valence-corrected chi connectivity index (χ1v) is 4.63. The van der Waals surface area contributed by atoms with Gasteiger partial charge in [-0.1, -0.05) is 12.1 Å². The zero-order chi connectivity index (χ0) is 11.8. The average molecular weight is 227 g/mol. The highest BCUT2D eigenvalue weighted by atomic mass is 19.4. The van der Waals surface area contributed by atoms with Crippen LogP contribution in [0.15, 0.2) is 35.3 Å². The first-order chi connectivity index (χ1) is 7.47. The van der Waals surface area contributed by atoms with Gasteiger partial charge in [0.2, 0.25) is 0 Å². The monoisotopic (exact) mass is 227 g/mol. The van der Waals surface area contributed by atoms with Crippen molar-refractivity contribution < 1.29 is 12.9 Å². The molecule has 0 spiro atoms. The molecule has 1 heterocycles. The van der Waals surface area contributed by atoms with Gasteiger partial charge in [-0.2, -0.15) is 0 Å². The van der Waals surface area contributed by atoms with E-state index >= 15 is 0 Å². The summed E-state index contributed by atoms with van der Waals surface area (Å²) in [5, 5.41) is 0. The lowest BCUT2D eigenvalue weighted by atomic mass is 9.92. The number of nitrogens with zero attached hydrogens (tertiary/aromatic N) is 2. The van der Waals surface area contributed by atoms with Gasteiger partial charge in [0.1, 0.15) is 0 Å². The summed E-state index contributed by atoms with van der Waals surface area (Å²) >= 11 is 0. The second-order valence-electron chi connectivity index (χ2n) is 3.41. The van der Waals surface area contributed by atoms with Crippen molar-refractivity contribution in [3.05, 3.63) is 40.8 Å². The lowest BCUT2D eigenvalue weighted by Gasteiger charge is -2.17. The Bertz CT molecular complexity index is 579. The summed E-state index contributed by atoms with van der Waals surface area (Å²) in [5.74, 6) is 0. The van der Waals surface area contributed by atoms with Crippen molar-refractivity contribution in [2.45, 2.75) is 6.44 Å². The highest BCUT2D eigenvalue weighted by Crippen LogP contribution is 2.14. The second kappa shape index (κ2) is 3.66. The molecule has 7 heteroatoms. The molecule has 0 saturated carbocycles. The molecular weight excluding hydrogens is 220 g/mol. The maximum Gasteiger partial charge on any atom is 0.497 e. The molecule has 2 aromatic rings. The Kier molecular flexibility index (Phi) is 2.45. The highest BCUT2D eigenvalue weighted by molar-refractivity contribution is 6.57. The fourth-order valence-corrected chi connectivity index (χ4v) is 1.51. The first-order valence-electron chi connectivity index (χ1n) is 4.63. The molecule has 0 aliphatic rings. The molecule has 1 aromatic carbocycles. The Morgan fingerprint density at radius 1 is 1.25 bits per heavy atom. The van der Waals surface area contributed by atoms with Gasteiger partial charge in [-0.25, -0.2) is 4.98 Å². The van der Waals surface area contributed by atoms with Gasteiger partial charge in [0, 0.05) is 0 Å². The van der Waals surface area contributed by atoms with Gasteiger partial charge in [0.25, 0.3) is 5.56 Å². The van der Waals surface area contributed by atoms with Gasteiger partial charge < -0.3 is 17.5 Å². The minimum atomic E-state index is -5.05. The predicted octanol–water partition coefficient (Wildman–Crippen LogP) is 1.78. The summed E-state index contributed by atoms with van der Waals surface area (Å²) in [4.78, 5) is 15.1. The van der Waals surface area contributed by atoms with Crippen LogP contribution in [0.25, 0.3) is 11.0 Å².